The third kappa shape index (κ3) is 3.96. The van der Waals surface area contributed by atoms with Crippen LogP contribution in [0.4, 0.5) is 0 Å². The lowest BCUT2D eigenvalue weighted by Gasteiger charge is -2.20. The molecule has 0 aliphatic heterocycles. The molecule has 2 aromatic rings. The molecule has 2 aromatic carbocycles. The van der Waals surface area contributed by atoms with Gasteiger partial charge in [0.1, 0.15) is 5.56 Å². The van der Waals surface area contributed by atoms with Crippen LogP contribution < -0.4 is 25.0 Å². The van der Waals surface area contributed by atoms with Gasteiger partial charge in [-0.3, -0.25) is 9.59 Å². The fourth-order valence-electron chi connectivity index (χ4n) is 3.87. The average Bonchev–Trinajstić information content (AvgIpc) is 3.01. The van der Waals surface area contributed by atoms with E-state index in [1.165, 1.54) is 33.5 Å². The number of carbonyl (C=O) groups excluding carboxylic acids is 1. The van der Waals surface area contributed by atoms with Crippen LogP contribution in [-0.4, -0.2) is 38.3 Å². The summed E-state index contributed by atoms with van der Waals surface area (Å²) in [4.78, 5) is 36.2. The highest BCUT2D eigenvalue weighted by Gasteiger charge is 2.30. The standard InChI is InChI=1S/C23H23NO7/c1-5-19(26)24-16-8-6-12-10-18(29-2)21(30-3)22(31-4)20(12)13-7-9-17(25)15(23(27)28)11-14(13)16/h5,7,9-11,16H,1,6,8H2,2-4H3,(H,24,26)(H,27,28). The summed E-state index contributed by atoms with van der Waals surface area (Å²) < 4.78 is 16.6. The second-order valence-electron chi connectivity index (χ2n) is 6.91. The predicted molar refractivity (Wildman–Crippen MR) is 114 cm³/mol. The Morgan fingerprint density at radius 3 is 2.42 bits per heavy atom. The molecule has 0 aromatic heterocycles. The van der Waals surface area contributed by atoms with Crippen molar-refractivity contribution in [3.05, 3.63) is 63.8 Å². The molecule has 162 valence electrons. The van der Waals surface area contributed by atoms with E-state index in [4.69, 9.17) is 14.2 Å². The highest BCUT2D eigenvalue weighted by atomic mass is 16.5. The predicted octanol–water partition coefficient (Wildman–Crippen LogP) is 2.73. The Bertz CT molecular complexity index is 1120. The molecule has 2 N–H and O–H groups in total. The molecular weight excluding hydrogens is 402 g/mol. The number of aryl methyl sites for hydroxylation is 1. The van der Waals surface area contributed by atoms with Crippen molar-refractivity contribution < 1.29 is 28.9 Å². The van der Waals surface area contributed by atoms with Gasteiger partial charge in [0, 0.05) is 5.56 Å². The van der Waals surface area contributed by atoms with Gasteiger partial charge in [-0.1, -0.05) is 6.58 Å². The van der Waals surface area contributed by atoms with E-state index < -0.39 is 23.3 Å². The Balaban J connectivity index is 2.43. The van der Waals surface area contributed by atoms with Gasteiger partial charge in [0.05, 0.1) is 27.4 Å². The number of carboxylic acid groups (broad SMARTS) is 1. The second kappa shape index (κ2) is 8.91. The molecule has 0 heterocycles. The zero-order chi connectivity index (χ0) is 22.7. The summed E-state index contributed by atoms with van der Waals surface area (Å²) in [6.45, 7) is 3.48. The van der Waals surface area contributed by atoms with Gasteiger partial charge in [-0.25, -0.2) is 4.79 Å². The second-order valence-corrected chi connectivity index (χ2v) is 6.91. The first-order valence-electron chi connectivity index (χ1n) is 9.52. The van der Waals surface area contributed by atoms with Crippen molar-refractivity contribution in [1.29, 1.82) is 0 Å². The quantitative estimate of drug-likeness (QED) is 0.685. The molecule has 31 heavy (non-hydrogen) atoms. The minimum Gasteiger partial charge on any atom is -0.493 e. The van der Waals surface area contributed by atoms with Crippen LogP contribution in [0.5, 0.6) is 17.2 Å². The van der Waals surface area contributed by atoms with Crippen molar-refractivity contribution >= 4 is 11.9 Å². The first-order valence-corrected chi connectivity index (χ1v) is 9.52. The zero-order valence-electron chi connectivity index (χ0n) is 17.5. The molecule has 1 atom stereocenters. The number of amides is 1. The number of ether oxygens (including phenoxy) is 3. The van der Waals surface area contributed by atoms with Crippen LogP contribution in [0.3, 0.4) is 0 Å². The molecular formula is C23H23NO7. The Kier molecular flexibility index (Phi) is 6.29. The molecule has 1 unspecified atom stereocenters. The molecule has 0 spiro atoms. The molecule has 0 saturated carbocycles. The van der Waals surface area contributed by atoms with Crippen LogP contribution in [0.1, 0.15) is 33.9 Å². The van der Waals surface area contributed by atoms with Gasteiger partial charge in [-0.2, -0.15) is 0 Å². The molecule has 0 radical (unpaired) electrons. The van der Waals surface area contributed by atoms with Gasteiger partial charge in [-0.15, -0.1) is 0 Å². The minimum atomic E-state index is -1.35. The highest BCUT2D eigenvalue weighted by molar-refractivity contribution is 5.91. The van der Waals surface area contributed by atoms with Crippen molar-refractivity contribution in [2.24, 2.45) is 0 Å². The van der Waals surface area contributed by atoms with Crippen LogP contribution in [0.25, 0.3) is 11.1 Å². The summed E-state index contributed by atoms with van der Waals surface area (Å²) in [5.74, 6) is -0.514. The van der Waals surface area contributed by atoms with E-state index in [-0.39, 0.29) is 5.56 Å². The number of rotatable bonds is 6. The number of hydrogen-bond acceptors (Lipinski definition) is 6. The van der Waals surface area contributed by atoms with E-state index in [0.717, 1.165) is 11.6 Å². The Morgan fingerprint density at radius 1 is 1.13 bits per heavy atom. The molecule has 0 saturated heterocycles. The van der Waals surface area contributed by atoms with Crippen LogP contribution in [-0.2, 0) is 11.2 Å². The minimum absolute atomic E-state index is 0.371. The maximum absolute atomic E-state index is 12.4. The summed E-state index contributed by atoms with van der Waals surface area (Å²) in [5.41, 5.74) is 1.51. The topological polar surface area (TPSA) is 111 Å². The van der Waals surface area contributed by atoms with Gasteiger partial charge < -0.3 is 24.6 Å². The number of carbonyl (C=O) groups is 2. The molecule has 8 heteroatoms. The highest BCUT2D eigenvalue weighted by Crippen LogP contribution is 2.50. The van der Waals surface area contributed by atoms with Gasteiger partial charge in [-0.05, 0) is 59.9 Å². The molecule has 8 nitrogen and oxygen atoms in total. The summed E-state index contributed by atoms with van der Waals surface area (Å²) in [5, 5.41) is 12.4. The Labute approximate surface area is 179 Å². The summed E-state index contributed by atoms with van der Waals surface area (Å²) in [7, 11) is 4.49. The largest absolute Gasteiger partial charge is 0.493 e. The number of nitrogens with one attached hydrogen (secondary N) is 1. The summed E-state index contributed by atoms with van der Waals surface area (Å²) in [6.07, 6.45) is 2.12. The molecule has 0 bridgehead atoms. The first-order chi connectivity index (χ1) is 14.9. The van der Waals surface area contributed by atoms with Crippen LogP contribution in [0.2, 0.25) is 0 Å². The number of benzene rings is 1. The lowest BCUT2D eigenvalue weighted by atomic mass is 9.95. The van der Waals surface area contributed by atoms with Gasteiger partial charge in [0.2, 0.25) is 11.7 Å². The van der Waals surface area contributed by atoms with Crippen LogP contribution in [0.15, 0.2) is 41.7 Å². The van der Waals surface area contributed by atoms with Gasteiger partial charge in [0.15, 0.2) is 16.9 Å². The monoisotopic (exact) mass is 425 g/mol. The molecule has 0 fully saturated rings. The average molecular weight is 425 g/mol. The van der Waals surface area contributed by atoms with E-state index in [9.17, 15) is 19.5 Å². The molecule has 1 aliphatic carbocycles. The smallest absolute Gasteiger partial charge is 0.339 e. The summed E-state index contributed by atoms with van der Waals surface area (Å²) in [6, 6.07) is 5.34. The van der Waals surface area contributed by atoms with E-state index >= 15 is 0 Å². The number of hydrogen-bond donors (Lipinski definition) is 2. The van der Waals surface area contributed by atoms with Crippen LogP contribution in [0, 0.1) is 0 Å². The van der Waals surface area contributed by atoms with E-state index in [2.05, 4.69) is 11.9 Å². The number of fused-ring (bicyclic) bond motifs is 3. The Morgan fingerprint density at radius 2 is 1.84 bits per heavy atom. The van der Waals surface area contributed by atoms with Crippen molar-refractivity contribution in [2.45, 2.75) is 18.9 Å². The van der Waals surface area contributed by atoms with Crippen molar-refractivity contribution in [1.82, 2.24) is 5.32 Å². The SMILES string of the molecule is C=CC(=O)NC1CCc2cc(OC)c(OC)c(OC)c2-c2ccc(=O)c(C(=O)O)cc21. The maximum atomic E-state index is 12.4. The van der Waals surface area contributed by atoms with Crippen molar-refractivity contribution in [3.8, 4) is 28.4 Å². The van der Waals surface area contributed by atoms with E-state index in [1.54, 1.807) is 6.07 Å². The third-order valence-electron chi connectivity index (χ3n) is 5.27. The van der Waals surface area contributed by atoms with Crippen molar-refractivity contribution in [3.63, 3.8) is 0 Å². The zero-order valence-corrected chi connectivity index (χ0v) is 17.5. The number of carboxylic acids is 1. The fourth-order valence-corrected chi connectivity index (χ4v) is 3.87. The van der Waals surface area contributed by atoms with Gasteiger partial charge >= 0.3 is 5.97 Å². The van der Waals surface area contributed by atoms with E-state index in [1.807, 2.05) is 6.07 Å². The third-order valence-corrected chi connectivity index (χ3v) is 5.27. The Hall–Kier alpha value is -3.81. The van der Waals surface area contributed by atoms with Crippen molar-refractivity contribution in [2.75, 3.05) is 21.3 Å². The molecule has 3 rings (SSSR count). The van der Waals surface area contributed by atoms with Gasteiger partial charge in [0.25, 0.3) is 0 Å². The molecule has 1 aliphatic rings. The van der Waals surface area contributed by atoms with Crippen LogP contribution >= 0.6 is 0 Å². The number of methoxy groups -OCH3 is 3. The maximum Gasteiger partial charge on any atom is 0.339 e. The number of aromatic carboxylic acids is 1. The fraction of sp³-hybridized carbons (Fsp3) is 0.261. The lowest BCUT2D eigenvalue weighted by molar-refractivity contribution is -0.117. The van der Waals surface area contributed by atoms with E-state index in [0.29, 0.717) is 46.8 Å². The normalized spacial score (nSPS) is 14.4. The lowest BCUT2D eigenvalue weighted by Crippen LogP contribution is -2.27. The first kappa shape index (κ1) is 21.9. The molecule has 1 amide bonds. The summed E-state index contributed by atoms with van der Waals surface area (Å²) >= 11 is 0.